The molecule has 0 radical (unpaired) electrons. The van der Waals surface area contributed by atoms with E-state index in [0.717, 1.165) is 11.4 Å². The van der Waals surface area contributed by atoms with E-state index in [1.807, 2.05) is 24.3 Å². The summed E-state index contributed by atoms with van der Waals surface area (Å²) in [6, 6.07) is 12.3. The van der Waals surface area contributed by atoms with Crippen LogP contribution in [0.5, 0.6) is 11.5 Å². The van der Waals surface area contributed by atoms with E-state index in [0.29, 0.717) is 26.7 Å². The number of aromatic nitrogens is 4. The van der Waals surface area contributed by atoms with Crippen LogP contribution in [0, 0.1) is 0 Å². The molecule has 0 saturated heterocycles. The third kappa shape index (κ3) is 5.26. The summed E-state index contributed by atoms with van der Waals surface area (Å²) >= 11 is 13.2. The first-order valence-electron chi connectivity index (χ1n) is 7.88. The maximum atomic E-state index is 10.2. The molecule has 0 spiro atoms. The van der Waals surface area contributed by atoms with Crippen LogP contribution >= 0.6 is 35.0 Å². The molecule has 1 aromatic heterocycles. The van der Waals surface area contributed by atoms with Crippen molar-refractivity contribution in [3.63, 3.8) is 0 Å². The molecular formula is C17H16Cl2N4O3S. The molecule has 0 amide bonds. The normalized spacial score (nSPS) is 12.0. The maximum Gasteiger partial charge on any atom is 0.214 e. The van der Waals surface area contributed by atoms with Gasteiger partial charge in [-0.3, -0.25) is 0 Å². The highest BCUT2D eigenvalue weighted by atomic mass is 35.5. The molecule has 7 nitrogen and oxygen atoms in total. The minimum atomic E-state index is -0.734. The number of halogens is 2. The largest absolute Gasteiger partial charge is 0.497 e. The van der Waals surface area contributed by atoms with E-state index in [4.69, 9.17) is 32.7 Å². The van der Waals surface area contributed by atoms with Crippen molar-refractivity contribution in [1.82, 2.24) is 20.2 Å². The Labute approximate surface area is 170 Å². The van der Waals surface area contributed by atoms with Gasteiger partial charge in [0.2, 0.25) is 5.16 Å². The van der Waals surface area contributed by atoms with Crippen LogP contribution in [-0.4, -0.2) is 50.9 Å². The summed E-state index contributed by atoms with van der Waals surface area (Å²) in [6.07, 6.45) is -0.734. The second-order valence-electron chi connectivity index (χ2n) is 5.42. The number of aliphatic hydroxyl groups is 1. The van der Waals surface area contributed by atoms with Crippen molar-refractivity contribution in [2.75, 3.05) is 19.5 Å². The number of ether oxygens (including phenoxy) is 2. The zero-order valence-electron chi connectivity index (χ0n) is 14.2. The Morgan fingerprint density at radius 3 is 2.67 bits per heavy atom. The molecule has 2 aromatic carbocycles. The highest BCUT2D eigenvalue weighted by molar-refractivity contribution is 7.99. The first-order chi connectivity index (χ1) is 13.1. The SMILES string of the molecule is COc1ccc(-n2nnnc2SCC(O)COc2ccc(Cl)cc2Cl)cc1. The molecule has 0 saturated carbocycles. The first kappa shape index (κ1) is 19.8. The fraction of sp³-hybridized carbons (Fsp3) is 0.235. The van der Waals surface area contributed by atoms with Gasteiger partial charge in [0, 0.05) is 10.8 Å². The van der Waals surface area contributed by atoms with Crippen LogP contribution in [0.3, 0.4) is 0 Å². The highest BCUT2D eigenvalue weighted by Gasteiger charge is 2.13. The van der Waals surface area contributed by atoms with Gasteiger partial charge in [-0.15, -0.1) is 5.10 Å². The van der Waals surface area contributed by atoms with E-state index in [9.17, 15) is 5.11 Å². The molecular weight excluding hydrogens is 411 g/mol. The first-order valence-corrected chi connectivity index (χ1v) is 9.62. The number of aliphatic hydroxyl groups excluding tert-OH is 1. The Bertz CT molecular complexity index is 892. The Balaban J connectivity index is 1.56. The third-order valence-corrected chi connectivity index (χ3v) is 5.08. The summed E-state index contributed by atoms with van der Waals surface area (Å²) in [6.45, 7) is 0.0818. The van der Waals surface area contributed by atoms with Crippen molar-refractivity contribution in [1.29, 1.82) is 0 Å². The van der Waals surface area contributed by atoms with Crippen molar-refractivity contribution in [2.24, 2.45) is 0 Å². The highest BCUT2D eigenvalue weighted by Crippen LogP contribution is 2.28. The number of hydrogen-bond acceptors (Lipinski definition) is 7. The number of rotatable bonds is 8. The molecule has 10 heteroatoms. The van der Waals surface area contributed by atoms with Crippen LogP contribution in [0.15, 0.2) is 47.6 Å². The fourth-order valence-electron chi connectivity index (χ4n) is 2.15. The van der Waals surface area contributed by atoms with Crippen LogP contribution in [0.25, 0.3) is 5.69 Å². The third-order valence-electron chi connectivity index (χ3n) is 3.49. The summed E-state index contributed by atoms with van der Waals surface area (Å²) in [5.74, 6) is 1.56. The van der Waals surface area contributed by atoms with Gasteiger partial charge in [-0.25, -0.2) is 0 Å². The minimum Gasteiger partial charge on any atom is -0.497 e. The number of nitrogens with zero attached hydrogens (tertiary/aromatic N) is 4. The Hall–Kier alpha value is -2.00. The van der Waals surface area contributed by atoms with Crippen molar-refractivity contribution in [3.05, 3.63) is 52.5 Å². The number of benzene rings is 2. The Kier molecular flexibility index (Phi) is 6.78. The quantitative estimate of drug-likeness (QED) is 0.551. The topological polar surface area (TPSA) is 82.3 Å². The molecule has 1 unspecified atom stereocenters. The molecule has 0 bridgehead atoms. The van der Waals surface area contributed by atoms with Gasteiger partial charge in [0.25, 0.3) is 0 Å². The van der Waals surface area contributed by atoms with Crippen LogP contribution in [-0.2, 0) is 0 Å². The zero-order chi connectivity index (χ0) is 19.2. The lowest BCUT2D eigenvalue weighted by molar-refractivity contribution is 0.126. The molecule has 3 aromatic rings. The van der Waals surface area contributed by atoms with Gasteiger partial charge in [0.15, 0.2) is 0 Å². The molecule has 0 aliphatic heterocycles. The van der Waals surface area contributed by atoms with Crippen LogP contribution in [0.4, 0.5) is 0 Å². The summed E-state index contributed by atoms with van der Waals surface area (Å²) in [7, 11) is 1.61. The maximum absolute atomic E-state index is 10.2. The predicted molar refractivity (Wildman–Crippen MR) is 104 cm³/mol. The van der Waals surface area contributed by atoms with Gasteiger partial charge in [-0.2, -0.15) is 4.68 Å². The van der Waals surface area contributed by atoms with Crippen LogP contribution in [0.2, 0.25) is 10.0 Å². The fourth-order valence-corrected chi connectivity index (χ4v) is 3.41. The van der Waals surface area contributed by atoms with E-state index in [1.165, 1.54) is 11.8 Å². The van der Waals surface area contributed by atoms with Crippen molar-refractivity contribution < 1.29 is 14.6 Å². The molecule has 0 aliphatic carbocycles. The van der Waals surface area contributed by atoms with Gasteiger partial charge in [0.1, 0.15) is 18.1 Å². The molecule has 3 rings (SSSR count). The molecule has 0 aliphatic rings. The van der Waals surface area contributed by atoms with Crippen molar-refractivity contribution in [2.45, 2.75) is 11.3 Å². The summed E-state index contributed by atoms with van der Waals surface area (Å²) in [5.41, 5.74) is 0.794. The summed E-state index contributed by atoms with van der Waals surface area (Å²) < 4.78 is 12.3. The molecule has 27 heavy (non-hydrogen) atoms. The number of tetrazole rings is 1. The minimum absolute atomic E-state index is 0.0818. The van der Waals surface area contributed by atoms with Crippen molar-refractivity contribution in [3.8, 4) is 17.2 Å². The smallest absolute Gasteiger partial charge is 0.214 e. The second-order valence-corrected chi connectivity index (χ2v) is 7.25. The monoisotopic (exact) mass is 426 g/mol. The second kappa shape index (κ2) is 9.27. The summed E-state index contributed by atoms with van der Waals surface area (Å²) in [4.78, 5) is 0. The molecule has 0 fully saturated rings. The average Bonchev–Trinajstić information content (AvgIpc) is 3.14. The van der Waals surface area contributed by atoms with Gasteiger partial charge in [-0.1, -0.05) is 35.0 Å². The molecule has 1 atom stereocenters. The van der Waals surface area contributed by atoms with Crippen LogP contribution in [0.1, 0.15) is 0 Å². The van der Waals surface area contributed by atoms with Gasteiger partial charge in [0.05, 0.1) is 23.9 Å². The van der Waals surface area contributed by atoms with Crippen molar-refractivity contribution >= 4 is 35.0 Å². The Morgan fingerprint density at radius 1 is 1.19 bits per heavy atom. The van der Waals surface area contributed by atoms with Gasteiger partial charge >= 0.3 is 0 Å². The lowest BCUT2D eigenvalue weighted by Crippen LogP contribution is -2.20. The van der Waals surface area contributed by atoms with E-state index in [1.54, 1.807) is 30.0 Å². The van der Waals surface area contributed by atoms with E-state index in [2.05, 4.69) is 15.5 Å². The van der Waals surface area contributed by atoms with E-state index in [-0.39, 0.29) is 6.61 Å². The summed E-state index contributed by atoms with van der Waals surface area (Å²) in [5, 5.41) is 23.3. The molecule has 1 N–H and O–H groups in total. The lowest BCUT2D eigenvalue weighted by atomic mass is 10.3. The number of thioether (sulfide) groups is 1. The van der Waals surface area contributed by atoms with Gasteiger partial charge < -0.3 is 14.6 Å². The lowest BCUT2D eigenvalue weighted by Gasteiger charge is -2.13. The van der Waals surface area contributed by atoms with Crippen LogP contribution < -0.4 is 9.47 Å². The number of methoxy groups -OCH3 is 1. The predicted octanol–water partition coefficient (Wildman–Crippen LogP) is 3.51. The Morgan fingerprint density at radius 2 is 1.96 bits per heavy atom. The van der Waals surface area contributed by atoms with E-state index < -0.39 is 6.10 Å². The van der Waals surface area contributed by atoms with E-state index >= 15 is 0 Å². The molecule has 142 valence electrons. The average molecular weight is 427 g/mol. The van der Waals surface area contributed by atoms with Gasteiger partial charge in [-0.05, 0) is 52.9 Å². The standard InChI is InChI=1S/C17H16Cl2N4O3S/c1-25-14-5-3-12(4-6-14)23-17(20-21-22-23)27-10-13(24)9-26-16-7-2-11(18)8-15(16)19/h2-8,13,24H,9-10H2,1H3. The zero-order valence-corrected chi connectivity index (χ0v) is 16.6. The molecule has 1 heterocycles. The number of hydrogen-bond donors (Lipinski definition) is 1.